The van der Waals surface area contributed by atoms with Crippen molar-refractivity contribution >= 4 is 113 Å². The number of piperidine rings is 2. The van der Waals surface area contributed by atoms with E-state index in [2.05, 4.69) is 102 Å². The van der Waals surface area contributed by atoms with Gasteiger partial charge in [0.25, 0.3) is 0 Å². The first-order valence-electron chi connectivity index (χ1n) is 33.5. The Kier molecular flexibility index (Phi) is 21.7. The fourth-order valence-corrected chi connectivity index (χ4v) is 17.2. The van der Waals surface area contributed by atoms with Crippen molar-refractivity contribution in [3.63, 3.8) is 0 Å². The van der Waals surface area contributed by atoms with Gasteiger partial charge in [-0.3, -0.25) is 35.1 Å². The molecule has 5 aliphatic rings. The number of aromatic amines is 5. The highest BCUT2D eigenvalue weighted by Gasteiger charge is 2.31. The number of amides is 2. The van der Waals surface area contributed by atoms with E-state index in [1.807, 2.05) is 126 Å². The molecule has 5 aromatic heterocycles. The molecule has 11 aromatic rings. The van der Waals surface area contributed by atoms with Crippen LogP contribution in [0.4, 0.5) is 17.1 Å². The van der Waals surface area contributed by atoms with Crippen LogP contribution in [0.2, 0.25) is 0 Å². The molecule has 99 heavy (non-hydrogen) atoms. The van der Waals surface area contributed by atoms with Gasteiger partial charge in [-0.05, 0) is 103 Å². The molecule has 0 radical (unpaired) electrons. The number of benzene rings is 6. The lowest BCUT2D eigenvalue weighted by Gasteiger charge is -2.35. The standard InChI is InChI=1S/C18H20N4O2S.C14H17N3O.C13H16N4O.C13H17N3O2S.C12H16N4O2S/c23-25(24,14-15-5-2-1-3-6-15)22-11-9-21(10-12-22)18-8-4-7-17-16(18)13-19-20-17;1-10(18)17-7-5-11(6-8-17)12-3-2-4-14-13(12)9-15-16-14;1-10(18)16-5-7-17(8-6-16)13-4-2-3-12-11(13)9-14-15-12;1-19(17,18)16-7-5-10(6-8-16)11-3-2-4-13-12(11)9-14-15-13;1-19(17,18)16-7-5-15(6-8-16)12-4-2-3-11-10(12)9-13-14-11/h1-8,13H,9-12,14H2,(H,19,20);2-4,9,11H,5-8H2,1H3,(H,15,16);2-4,9H,5-8H2,1H3,(H,14,15);2-4,9-10H,5-8H2,1H3,(H,14,15);2-4,9H,5-8H2,1H3,(H,13,14). The molecule has 5 aliphatic heterocycles. The Balaban J connectivity index is 0.000000118. The molecular weight excluding hydrogens is 1320 g/mol. The molecule has 26 nitrogen and oxygen atoms in total. The molecule has 2 amide bonds. The van der Waals surface area contributed by atoms with Gasteiger partial charge in [-0.1, -0.05) is 72.8 Å². The Labute approximate surface area is 576 Å². The van der Waals surface area contributed by atoms with E-state index in [4.69, 9.17) is 0 Å². The Bertz CT molecular complexity index is 4660. The van der Waals surface area contributed by atoms with Crippen LogP contribution in [0, 0.1) is 0 Å². The molecule has 16 rings (SSSR count). The quantitative estimate of drug-likeness (QED) is 0.0864. The van der Waals surface area contributed by atoms with Crippen molar-refractivity contribution in [3.05, 3.63) is 169 Å². The van der Waals surface area contributed by atoms with Crippen LogP contribution in [0.3, 0.4) is 0 Å². The Morgan fingerprint density at radius 1 is 0.364 bits per heavy atom. The first-order valence-corrected chi connectivity index (χ1v) is 38.8. The Morgan fingerprint density at radius 2 is 0.677 bits per heavy atom. The second-order valence-corrected chi connectivity index (χ2v) is 31.6. The van der Waals surface area contributed by atoms with Gasteiger partial charge in [-0.2, -0.15) is 34.1 Å². The maximum Gasteiger partial charge on any atom is 0.219 e. The minimum atomic E-state index is -3.29. The predicted molar refractivity (Wildman–Crippen MR) is 389 cm³/mol. The topological polar surface area (TPSA) is 306 Å². The number of carbonyl (C=O) groups is 2. The summed E-state index contributed by atoms with van der Waals surface area (Å²) in [5.74, 6) is 1.37. The minimum Gasteiger partial charge on any atom is -0.368 e. The van der Waals surface area contributed by atoms with E-state index < -0.39 is 30.1 Å². The first-order chi connectivity index (χ1) is 47.8. The number of likely N-dealkylation sites (tertiary alicyclic amines) is 1. The van der Waals surface area contributed by atoms with Gasteiger partial charge in [0.15, 0.2) is 0 Å². The number of hydrogen-bond donors (Lipinski definition) is 5. The van der Waals surface area contributed by atoms with E-state index in [0.29, 0.717) is 77.3 Å². The molecule has 6 aromatic carbocycles. The van der Waals surface area contributed by atoms with Crippen molar-refractivity contribution in [2.24, 2.45) is 0 Å². The fraction of sp³-hybridized carbons (Fsp3) is 0.386. The summed E-state index contributed by atoms with van der Waals surface area (Å²) in [5.41, 5.74) is 12.1. The monoisotopic (exact) mass is 1400 g/mol. The molecule has 0 aliphatic carbocycles. The van der Waals surface area contributed by atoms with Crippen molar-refractivity contribution in [3.8, 4) is 0 Å². The largest absolute Gasteiger partial charge is 0.368 e. The van der Waals surface area contributed by atoms with Gasteiger partial charge in [0, 0.05) is 163 Å². The molecular formula is C70H86N18O8S3. The molecule has 0 unspecified atom stereocenters. The third-order valence-electron chi connectivity index (χ3n) is 19.4. The number of nitrogens with one attached hydrogen (secondary N) is 5. The number of piperazine rings is 3. The highest BCUT2D eigenvalue weighted by Crippen LogP contribution is 2.35. The molecule has 5 fully saturated rings. The van der Waals surface area contributed by atoms with Crippen molar-refractivity contribution in [1.29, 1.82) is 0 Å². The van der Waals surface area contributed by atoms with Crippen LogP contribution in [0.25, 0.3) is 54.5 Å². The fourth-order valence-electron chi connectivity index (χ4n) is 14.0. The number of carbonyl (C=O) groups excluding carboxylic acids is 2. The second-order valence-electron chi connectivity index (χ2n) is 25.7. The summed E-state index contributed by atoms with van der Waals surface area (Å²) in [6.07, 6.45) is 15.6. The SMILES string of the molecule is CC(=O)N1CCC(c2cccc3[nH]ncc23)CC1.CC(=O)N1CCN(c2cccc3[nH]ncc23)CC1.CS(=O)(=O)N1CCC(c2cccc3[nH]ncc23)CC1.CS(=O)(=O)N1CCN(c2cccc3[nH]ncc23)CC1.O=S(=O)(Cc1ccccc1)N1CCN(c2cccc3[nH]ncc23)CC1. The molecule has 10 heterocycles. The highest BCUT2D eigenvalue weighted by molar-refractivity contribution is 7.88. The maximum absolute atomic E-state index is 12.7. The number of sulfonamides is 3. The number of anilines is 3. The summed E-state index contributed by atoms with van der Waals surface area (Å²) in [4.78, 5) is 33.2. The van der Waals surface area contributed by atoms with Gasteiger partial charge in [-0.15, -0.1) is 0 Å². The zero-order valence-electron chi connectivity index (χ0n) is 56.2. The Morgan fingerprint density at radius 3 is 1.05 bits per heavy atom. The van der Waals surface area contributed by atoms with E-state index in [1.165, 1.54) is 39.0 Å². The molecule has 0 bridgehead atoms. The molecule has 522 valence electrons. The van der Waals surface area contributed by atoms with Crippen LogP contribution in [-0.2, 0) is 45.4 Å². The number of nitrogens with zero attached hydrogens (tertiary/aromatic N) is 13. The molecule has 5 saturated heterocycles. The summed E-state index contributed by atoms with van der Waals surface area (Å²) in [7, 11) is -9.41. The summed E-state index contributed by atoms with van der Waals surface area (Å²) in [5, 5.41) is 41.0. The van der Waals surface area contributed by atoms with Gasteiger partial charge < -0.3 is 24.5 Å². The van der Waals surface area contributed by atoms with Crippen LogP contribution in [0.1, 0.15) is 68.1 Å². The molecule has 29 heteroatoms. The average Bonchev–Trinajstić information content (AvgIpc) is 1.81. The van der Waals surface area contributed by atoms with Crippen LogP contribution in [0.15, 0.2) is 152 Å². The summed E-state index contributed by atoms with van der Waals surface area (Å²) >= 11 is 0. The summed E-state index contributed by atoms with van der Waals surface area (Å²) in [6.45, 7) is 14.4. The van der Waals surface area contributed by atoms with E-state index in [0.717, 1.165) is 131 Å². The highest BCUT2D eigenvalue weighted by atomic mass is 32.2. The van der Waals surface area contributed by atoms with Gasteiger partial charge in [0.1, 0.15) is 0 Å². The molecule has 0 saturated carbocycles. The van der Waals surface area contributed by atoms with Crippen LogP contribution >= 0.6 is 0 Å². The molecule has 0 atom stereocenters. The number of rotatable bonds is 10. The lowest BCUT2D eigenvalue weighted by molar-refractivity contribution is -0.130. The predicted octanol–water partition coefficient (Wildman–Crippen LogP) is 8.08. The maximum atomic E-state index is 12.7. The van der Waals surface area contributed by atoms with E-state index in [1.54, 1.807) is 22.5 Å². The zero-order chi connectivity index (χ0) is 69.3. The normalized spacial score (nSPS) is 17.4. The first kappa shape index (κ1) is 69.6. The number of fused-ring (bicyclic) bond motifs is 5. The van der Waals surface area contributed by atoms with Gasteiger partial charge >= 0.3 is 0 Å². The van der Waals surface area contributed by atoms with Gasteiger partial charge in [0.2, 0.25) is 41.9 Å². The van der Waals surface area contributed by atoms with Crippen LogP contribution in [0.5, 0.6) is 0 Å². The lowest BCUT2D eigenvalue weighted by atomic mass is 9.87. The second kappa shape index (κ2) is 30.9. The lowest BCUT2D eigenvalue weighted by Crippen LogP contribution is -2.49. The van der Waals surface area contributed by atoms with Gasteiger partial charge in [0.05, 0.1) is 76.8 Å². The number of aromatic nitrogens is 10. The third kappa shape index (κ3) is 16.7. The van der Waals surface area contributed by atoms with E-state index in [-0.39, 0.29) is 17.6 Å². The van der Waals surface area contributed by atoms with Crippen LogP contribution < -0.4 is 14.7 Å². The number of H-pyrrole nitrogens is 5. The Hall–Kier alpha value is -9.26. The third-order valence-corrected chi connectivity index (χ3v) is 23.9. The smallest absolute Gasteiger partial charge is 0.219 e. The molecule has 0 spiro atoms. The number of hydrogen-bond acceptors (Lipinski definition) is 16. The van der Waals surface area contributed by atoms with Crippen molar-refractivity contribution in [1.82, 2.24) is 73.7 Å². The minimum absolute atomic E-state index is 0.0607. The zero-order valence-corrected chi connectivity index (χ0v) is 58.7. The average molecular weight is 1400 g/mol. The molecule has 5 N–H and O–H groups in total. The van der Waals surface area contributed by atoms with Crippen molar-refractivity contribution in [2.75, 3.05) is 132 Å². The van der Waals surface area contributed by atoms with Crippen molar-refractivity contribution in [2.45, 2.75) is 57.1 Å². The van der Waals surface area contributed by atoms with Crippen LogP contribution in [-0.4, -0.2) is 228 Å². The van der Waals surface area contributed by atoms with Crippen molar-refractivity contribution < 1.29 is 34.8 Å². The van der Waals surface area contributed by atoms with Gasteiger partial charge in [-0.25, -0.2) is 29.6 Å². The summed E-state index contributed by atoms with van der Waals surface area (Å²) in [6, 6.07) is 40.1. The summed E-state index contributed by atoms with van der Waals surface area (Å²) < 4.78 is 76.0. The van der Waals surface area contributed by atoms with E-state index >= 15 is 0 Å². The van der Waals surface area contributed by atoms with E-state index in [9.17, 15) is 34.8 Å².